The highest BCUT2D eigenvalue weighted by atomic mass is 79.9. The molecule has 0 saturated heterocycles. The number of halogens is 1. The van der Waals surface area contributed by atoms with Crippen LogP contribution in [-0.4, -0.2) is 17.8 Å². The summed E-state index contributed by atoms with van der Waals surface area (Å²) < 4.78 is 0. The largest absolute Gasteiger partial charge is 0.352 e. The molecule has 0 aliphatic heterocycles. The number of amides is 1. The van der Waals surface area contributed by atoms with E-state index in [4.69, 9.17) is 0 Å². The minimum atomic E-state index is 0.0442. The second-order valence-corrected chi connectivity index (χ2v) is 5.55. The van der Waals surface area contributed by atoms with Crippen molar-refractivity contribution in [3.63, 3.8) is 0 Å². The first-order valence-corrected chi connectivity index (χ1v) is 7.58. The van der Waals surface area contributed by atoms with Gasteiger partial charge in [0.2, 0.25) is 0 Å². The van der Waals surface area contributed by atoms with Gasteiger partial charge in [0.15, 0.2) is 0 Å². The Hall–Kier alpha value is -0.830. The molecule has 18 heavy (non-hydrogen) atoms. The van der Waals surface area contributed by atoms with Crippen molar-refractivity contribution in [3.8, 4) is 0 Å². The minimum Gasteiger partial charge on any atom is -0.352 e. The Kier molecular flexibility index (Phi) is 6.41. The zero-order valence-electron chi connectivity index (χ0n) is 11.4. The predicted molar refractivity (Wildman–Crippen MR) is 80.4 cm³/mol. The highest BCUT2D eigenvalue weighted by Crippen LogP contribution is 2.12. The normalized spacial score (nSPS) is 12.2. The number of nitrogens with one attached hydrogen (secondary N) is 1. The molecule has 0 saturated carbocycles. The number of carbonyl (C=O) groups is 1. The van der Waals surface area contributed by atoms with Crippen molar-refractivity contribution in [2.24, 2.45) is 5.92 Å². The lowest BCUT2D eigenvalue weighted by Gasteiger charge is -2.10. The van der Waals surface area contributed by atoms with E-state index in [1.165, 1.54) is 0 Å². The Morgan fingerprint density at radius 3 is 2.78 bits per heavy atom. The van der Waals surface area contributed by atoms with E-state index in [1.807, 2.05) is 32.0 Å². The lowest BCUT2D eigenvalue weighted by molar-refractivity contribution is 0.0952. The number of carbonyl (C=O) groups excluding carboxylic acids is 1. The summed E-state index contributed by atoms with van der Waals surface area (Å²) in [6, 6.07) is 5.85. The molecule has 3 heteroatoms. The molecule has 100 valence electrons. The van der Waals surface area contributed by atoms with Crippen LogP contribution in [0.2, 0.25) is 0 Å². The van der Waals surface area contributed by atoms with Crippen molar-refractivity contribution < 1.29 is 4.79 Å². The molecule has 1 atom stereocenters. The van der Waals surface area contributed by atoms with Crippen LogP contribution in [-0.2, 0) is 0 Å². The van der Waals surface area contributed by atoms with Gasteiger partial charge in [0.1, 0.15) is 0 Å². The van der Waals surface area contributed by atoms with Crippen LogP contribution in [0.4, 0.5) is 0 Å². The van der Waals surface area contributed by atoms with Crippen LogP contribution in [0.15, 0.2) is 18.2 Å². The summed E-state index contributed by atoms with van der Waals surface area (Å²) in [6.45, 7) is 6.99. The fourth-order valence-corrected chi connectivity index (χ4v) is 2.15. The summed E-state index contributed by atoms with van der Waals surface area (Å²) in [4.78, 5) is 12.0. The van der Waals surface area contributed by atoms with Gasteiger partial charge in [-0.1, -0.05) is 35.0 Å². The molecule has 0 spiro atoms. The molecule has 1 rings (SSSR count). The number of aryl methyl sites for hydroxylation is 1. The van der Waals surface area contributed by atoms with Crippen LogP contribution < -0.4 is 5.32 Å². The topological polar surface area (TPSA) is 29.1 Å². The molecule has 0 aromatic heterocycles. The van der Waals surface area contributed by atoms with Crippen LogP contribution >= 0.6 is 15.9 Å². The van der Waals surface area contributed by atoms with Crippen LogP contribution in [0.25, 0.3) is 0 Å². The van der Waals surface area contributed by atoms with Gasteiger partial charge in [-0.3, -0.25) is 4.79 Å². The van der Waals surface area contributed by atoms with Gasteiger partial charge in [-0.2, -0.15) is 0 Å². The number of rotatable bonds is 6. The zero-order valence-corrected chi connectivity index (χ0v) is 13.0. The van der Waals surface area contributed by atoms with Crippen molar-refractivity contribution >= 4 is 21.8 Å². The maximum absolute atomic E-state index is 12.0. The molecule has 0 heterocycles. The van der Waals surface area contributed by atoms with Crippen LogP contribution in [0.1, 0.15) is 41.3 Å². The SMILES string of the molecule is Cc1cccc(C(=O)NCCCC(C)CBr)c1C. The first-order chi connectivity index (χ1) is 8.56. The molecule has 0 aliphatic carbocycles. The summed E-state index contributed by atoms with van der Waals surface area (Å²) >= 11 is 3.46. The van der Waals surface area contributed by atoms with Gasteiger partial charge < -0.3 is 5.32 Å². The van der Waals surface area contributed by atoms with Crippen LogP contribution in [0.5, 0.6) is 0 Å². The van der Waals surface area contributed by atoms with E-state index in [0.29, 0.717) is 5.92 Å². The Morgan fingerprint density at radius 1 is 1.39 bits per heavy atom. The fourth-order valence-electron chi connectivity index (χ4n) is 1.82. The lowest BCUT2D eigenvalue weighted by atomic mass is 10.0. The van der Waals surface area contributed by atoms with E-state index < -0.39 is 0 Å². The maximum atomic E-state index is 12.0. The van der Waals surface area contributed by atoms with Crippen LogP contribution in [0.3, 0.4) is 0 Å². The Labute approximate surface area is 118 Å². The molecule has 2 nitrogen and oxygen atoms in total. The summed E-state index contributed by atoms with van der Waals surface area (Å²) in [7, 11) is 0. The minimum absolute atomic E-state index is 0.0442. The fraction of sp³-hybridized carbons (Fsp3) is 0.533. The summed E-state index contributed by atoms with van der Waals surface area (Å²) in [5.41, 5.74) is 3.03. The molecular formula is C15H22BrNO. The molecule has 0 bridgehead atoms. The van der Waals surface area contributed by atoms with E-state index in [1.54, 1.807) is 0 Å². The molecule has 1 N–H and O–H groups in total. The number of benzene rings is 1. The standard InChI is InChI=1S/C15H22BrNO/c1-11(10-16)6-5-9-17-15(18)14-8-4-7-12(2)13(14)3/h4,7-8,11H,5-6,9-10H2,1-3H3,(H,17,18). The molecule has 0 aliphatic rings. The predicted octanol–water partition coefficient (Wildman–Crippen LogP) is 3.84. The van der Waals surface area contributed by atoms with Crippen molar-refractivity contribution in [3.05, 3.63) is 34.9 Å². The van der Waals surface area contributed by atoms with Gasteiger partial charge in [0.05, 0.1) is 0 Å². The molecule has 0 radical (unpaired) electrons. The van der Waals surface area contributed by atoms with E-state index in [9.17, 15) is 4.79 Å². The van der Waals surface area contributed by atoms with Gasteiger partial charge in [-0.05, 0) is 49.8 Å². The van der Waals surface area contributed by atoms with E-state index in [-0.39, 0.29) is 5.91 Å². The van der Waals surface area contributed by atoms with Gasteiger partial charge in [-0.15, -0.1) is 0 Å². The van der Waals surface area contributed by atoms with E-state index in [0.717, 1.165) is 41.4 Å². The van der Waals surface area contributed by atoms with Crippen LogP contribution in [0, 0.1) is 19.8 Å². The van der Waals surface area contributed by atoms with Crippen molar-refractivity contribution in [2.45, 2.75) is 33.6 Å². The summed E-state index contributed by atoms with van der Waals surface area (Å²) in [6.07, 6.45) is 2.17. The summed E-state index contributed by atoms with van der Waals surface area (Å²) in [5, 5.41) is 4.02. The molecular weight excluding hydrogens is 290 g/mol. The van der Waals surface area contributed by atoms with Gasteiger partial charge in [-0.25, -0.2) is 0 Å². The lowest BCUT2D eigenvalue weighted by Crippen LogP contribution is -2.25. The maximum Gasteiger partial charge on any atom is 0.251 e. The Balaban J connectivity index is 2.44. The third-order valence-corrected chi connectivity index (χ3v) is 4.38. The first kappa shape index (κ1) is 15.2. The molecule has 1 aromatic carbocycles. The third kappa shape index (κ3) is 4.45. The second kappa shape index (κ2) is 7.57. The third-order valence-electron chi connectivity index (χ3n) is 3.27. The number of alkyl halides is 1. The van der Waals surface area contributed by atoms with Crippen molar-refractivity contribution in [1.29, 1.82) is 0 Å². The van der Waals surface area contributed by atoms with Gasteiger partial charge in [0.25, 0.3) is 5.91 Å². The van der Waals surface area contributed by atoms with Gasteiger partial charge >= 0.3 is 0 Å². The zero-order chi connectivity index (χ0) is 13.5. The summed E-state index contributed by atoms with van der Waals surface area (Å²) in [5.74, 6) is 0.713. The average molecular weight is 312 g/mol. The van der Waals surface area contributed by atoms with E-state index >= 15 is 0 Å². The number of hydrogen-bond acceptors (Lipinski definition) is 1. The molecule has 1 amide bonds. The molecule has 0 fully saturated rings. The Bertz CT molecular complexity index is 403. The second-order valence-electron chi connectivity index (χ2n) is 4.91. The van der Waals surface area contributed by atoms with Crippen molar-refractivity contribution in [2.75, 3.05) is 11.9 Å². The first-order valence-electron chi connectivity index (χ1n) is 6.46. The number of hydrogen-bond donors (Lipinski definition) is 1. The highest BCUT2D eigenvalue weighted by molar-refractivity contribution is 9.09. The smallest absolute Gasteiger partial charge is 0.251 e. The van der Waals surface area contributed by atoms with Gasteiger partial charge in [0, 0.05) is 17.4 Å². The molecule has 1 unspecified atom stereocenters. The average Bonchev–Trinajstić information content (AvgIpc) is 2.37. The molecule has 1 aromatic rings. The van der Waals surface area contributed by atoms with Crippen molar-refractivity contribution in [1.82, 2.24) is 5.32 Å². The monoisotopic (exact) mass is 311 g/mol. The highest BCUT2D eigenvalue weighted by Gasteiger charge is 2.09. The quantitative estimate of drug-likeness (QED) is 0.627. The Morgan fingerprint density at radius 2 is 2.11 bits per heavy atom. The van der Waals surface area contributed by atoms with E-state index in [2.05, 4.69) is 28.2 Å².